The maximum atomic E-state index is 13.0. The lowest BCUT2D eigenvalue weighted by molar-refractivity contribution is -0.131. The van der Waals surface area contributed by atoms with Crippen molar-refractivity contribution >= 4 is 11.8 Å². The minimum Gasteiger partial charge on any atom is -0.497 e. The summed E-state index contributed by atoms with van der Waals surface area (Å²) in [6.07, 6.45) is 2.26. The molecule has 2 aliphatic heterocycles. The molecule has 0 saturated carbocycles. The van der Waals surface area contributed by atoms with E-state index < -0.39 is 0 Å². The molecule has 2 saturated heterocycles. The smallest absolute Gasteiger partial charge is 0.239 e. The first-order valence-corrected chi connectivity index (χ1v) is 11.1. The van der Waals surface area contributed by atoms with Crippen LogP contribution in [0.25, 0.3) is 0 Å². The van der Waals surface area contributed by atoms with Crippen LogP contribution in [0.4, 0.5) is 0 Å². The molecule has 2 fully saturated rings. The van der Waals surface area contributed by atoms with E-state index in [0.717, 1.165) is 44.8 Å². The van der Waals surface area contributed by atoms with Crippen molar-refractivity contribution in [2.75, 3.05) is 40.3 Å². The average molecular weight is 417 g/mol. The number of rotatable bonds is 8. The van der Waals surface area contributed by atoms with Crippen LogP contribution in [0, 0.1) is 0 Å². The molecule has 1 aromatic rings. The molecule has 30 heavy (non-hydrogen) atoms. The number of carbonyl (C=O) groups is 2. The first-order valence-electron chi connectivity index (χ1n) is 11.1. The predicted molar refractivity (Wildman–Crippen MR) is 117 cm³/mol. The zero-order valence-electron chi connectivity index (χ0n) is 18.8. The Bertz CT molecular complexity index is 720. The van der Waals surface area contributed by atoms with Crippen molar-refractivity contribution in [2.24, 2.45) is 0 Å². The Labute approximate surface area is 180 Å². The molecule has 166 valence electrons. The number of carbonyl (C=O) groups excluding carboxylic acids is 2. The number of likely N-dealkylation sites (tertiary alicyclic amines) is 1. The van der Waals surface area contributed by atoms with Gasteiger partial charge in [0.05, 0.1) is 7.11 Å². The molecular formula is C23H36N4O3. The Balaban J connectivity index is 1.64. The molecule has 1 aromatic carbocycles. The van der Waals surface area contributed by atoms with Crippen LogP contribution in [-0.2, 0) is 16.1 Å². The van der Waals surface area contributed by atoms with Crippen molar-refractivity contribution in [2.45, 2.75) is 57.8 Å². The quantitative estimate of drug-likeness (QED) is 0.699. The third-order valence-electron chi connectivity index (χ3n) is 6.70. The van der Waals surface area contributed by atoms with Crippen molar-refractivity contribution in [1.29, 1.82) is 0 Å². The minimum absolute atomic E-state index is 0.107. The van der Waals surface area contributed by atoms with Gasteiger partial charge < -0.3 is 15.0 Å². The number of fused-ring (bicyclic) bond motifs is 1. The van der Waals surface area contributed by atoms with Gasteiger partial charge in [0.2, 0.25) is 11.8 Å². The van der Waals surface area contributed by atoms with E-state index in [-0.39, 0.29) is 29.9 Å². The molecular weight excluding hydrogens is 380 g/mol. The minimum atomic E-state index is -0.152. The summed E-state index contributed by atoms with van der Waals surface area (Å²) in [5, 5.41) is 3.14. The van der Waals surface area contributed by atoms with E-state index in [1.54, 1.807) is 7.11 Å². The van der Waals surface area contributed by atoms with Crippen LogP contribution in [0.1, 0.15) is 38.7 Å². The van der Waals surface area contributed by atoms with E-state index in [1.165, 1.54) is 5.56 Å². The molecule has 0 radical (unpaired) electrons. The zero-order chi connectivity index (χ0) is 21.7. The molecule has 0 bridgehead atoms. The normalized spacial score (nSPS) is 24.8. The number of methoxy groups -OCH3 is 1. The van der Waals surface area contributed by atoms with E-state index in [1.807, 2.05) is 30.9 Å². The number of hydrogen-bond acceptors (Lipinski definition) is 5. The lowest BCUT2D eigenvalue weighted by Gasteiger charge is -2.33. The molecule has 3 rings (SSSR count). The van der Waals surface area contributed by atoms with Crippen molar-refractivity contribution in [3.05, 3.63) is 29.8 Å². The molecule has 7 heteroatoms. The Kier molecular flexibility index (Phi) is 7.72. The fourth-order valence-corrected chi connectivity index (χ4v) is 4.82. The number of amides is 2. The molecule has 1 N–H and O–H groups in total. The highest BCUT2D eigenvalue weighted by molar-refractivity contribution is 5.83. The van der Waals surface area contributed by atoms with Crippen LogP contribution in [0.2, 0.25) is 0 Å². The van der Waals surface area contributed by atoms with Crippen LogP contribution in [0.15, 0.2) is 24.3 Å². The number of benzene rings is 1. The Morgan fingerprint density at radius 1 is 1.23 bits per heavy atom. The van der Waals surface area contributed by atoms with Gasteiger partial charge in [0.25, 0.3) is 0 Å². The summed E-state index contributed by atoms with van der Waals surface area (Å²) in [5.74, 6) is 1.15. The molecule has 7 nitrogen and oxygen atoms in total. The molecule has 0 unspecified atom stereocenters. The van der Waals surface area contributed by atoms with Crippen LogP contribution in [-0.4, -0.2) is 85.0 Å². The summed E-state index contributed by atoms with van der Waals surface area (Å²) in [6, 6.07) is 8.26. The van der Waals surface area contributed by atoms with Crippen LogP contribution in [0.5, 0.6) is 5.75 Å². The van der Waals surface area contributed by atoms with Crippen LogP contribution < -0.4 is 10.1 Å². The molecule has 0 spiro atoms. The summed E-state index contributed by atoms with van der Waals surface area (Å²) >= 11 is 0. The topological polar surface area (TPSA) is 65.1 Å². The lowest BCUT2D eigenvalue weighted by atomic mass is 10.0. The Morgan fingerprint density at radius 2 is 1.93 bits per heavy atom. The Hall–Kier alpha value is -2.12. The predicted octanol–water partition coefficient (Wildman–Crippen LogP) is 1.72. The summed E-state index contributed by atoms with van der Waals surface area (Å²) in [4.78, 5) is 31.9. The third kappa shape index (κ3) is 4.95. The summed E-state index contributed by atoms with van der Waals surface area (Å²) < 4.78 is 5.24. The highest BCUT2D eigenvalue weighted by Crippen LogP contribution is 2.29. The second-order valence-corrected chi connectivity index (χ2v) is 8.29. The fraction of sp³-hybridized carbons (Fsp3) is 0.652. The van der Waals surface area contributed by atoms with Crippen molar-refractivity contribution in [1.82, 2.24) is 20.0 Å². The number of likely N-dealkylation sites (N-methyl/N-ethyl adjacent to an activating group) is 1. The van der Waals surface area contributed by atoms with Crippen molar-refractivity contribution in [3.8, 4) is 5.75 Å². The van der Waals surface area contributed by atoms with E-state index in [4.69, 9.17) is 4.74 Å². The first-order chi connectivity index (χ1) is 14.5. The standard InChI is InChI=1S/C23H36N4O3/c1-5-26(6-2)21(28)12-9-18-15-24-23(29)22-20(25(18)3)13-14-27(22)16-17-7-10-19(30-4)11-8-17/h7-8,10-11,18,20,22H,5-6,9,12-16H2,1-4H3,(H,24,29)/t18-,20+,22-/m0/s1. The van der Waals surface area contributed by atoms with Gasteiger partial charge in [-0.2, -0.15) is 0 Å². The highest BCUT2D eigenvalue weighted by Gasteiger charge is 2.44. The molecule has 0 aromatic heterocycles. The summed E-state index contributed by atoms with van der Waals surface area (Å²) in [5.41, 5.74) is 1.18. The van der Waals surface area contributed by atoms with E-state index in [0.29, 0.717) is 13.0 Å². The van der Waals surface area contributed by atoms with Gasteiger partial charge in [0.15, 0.2) is 0 Å². The van der Waals surface area contributed by atoms with E-state index in [9.17, 15) is 9.59 Å². The lowest BCUT2D eigenvalue weighted by Crippen LogP contribution is -2.49. The van der Waals surface area contributed by atoms with Gasteiger partial charge in [-0.15, -0.1) is 0 Å². The SMILES string of the molecule is CCN(CC)C(=O)CC[C@H]1CNC(=O)[C@@H]2[C@@H](CCN2Cc2ccc(OC)cc2)N1C. The van der Waals surface area contributed by atoms with E-state index >= 15 is 0 Å². The van der Waals surface area contributed by atoms with Crippen molar-refractivity contribution < 1.29 is 14.3 Å². The summed E-state index contributed by atoms with van der Waals surface area (Å²) in [6.45, 7) is 7.76. The van der Waals surface area contributed by atoms with Gasteiger partial charge in [-0.25, -0.2) is 0 Å². The fourth-order valence-electron chi connectivity index (χ4n) is 4.82. The molecule has 2 heterocycles. The average Bonchev–Trinajstić information content (AvgIpc) is 3.13. The van der Waals surface area contributed by atoms with Gasteiger partial charge in [0, 0.05) is 51.2 Å². The van der Waals surface area contributed by atoms with Crippen LogP contribution >= 0.6 is 0 Å². The van der Waals surface area contributed by atoms with Crippen LogP contribution in [0.3, 0.4) is 0 Å². The van der Waals surface area contributed by atoms with Crippen molar-refractivity contribution in [3.63, 3.8) is 0 Å². The molecule has 2 aliphatic rings. The molecule has 3 atom stereocenters. The largest absolute Gasteiger partial charge is 0.497 e. The number of nitrogens with zero attached hydrogens (tertiary/aromatic N) is 3. The van der Waals surface area contributed by atoms with Gasteiger partial charge in [-0.3, -0.25) is 19.4 Å². The summed E-state index contributed by atoms with van der Waals surface area (Å²) in [7, 11) is 3.78. The van der Waals surface area contributed by atoms with Gasteiger partial charge in [-0.05, 0) is 51.4 Å². The second kappa shape index (κ2) is 10.3. The number of ether oxygens (including phenoxy) is 1. The molecule has 2 amide bonds. The van der Waals surface area contributed by atoms with E-state index in [2.05, 4.69) is 34.3 Å². The van der Waals surface area contributed by atoms with Gasteiger partial charge in [0.1, 0.15) is 11.8 Å². The first kappa shape index (κ1) is 22.6. The number of nitrogens with one attached hydrogen (secondary N) is 1. The number of hydrogen-bond donors (Lipinski definition) is 1. The van der Waals surface area contributed by atoms with Gasteiger partial charge in [-0.1, -0.05) is 12.1 Å². The monoisotopic (exact) mass is 416 g/mol. The van der Waals surface area contributed by atoms with Gasteiger partial charge >= 0.3 is 0 Å². The third-order valence-corrected chi connectivity index (χ3v) is 6.70. The molecule has 0 aliphatic carbocycles. The maximum absolute atomic E-state index is 13.0. The highest BCUT2D eigenvalue weighted by atomic mass is 16.5. The maximum Gasteiger partial charge on any atom is 0.239 e. The second-order valence-electron chi connectivity index (χ2n) is 8.29. The zero-order valence-corrected chi connectivity index (χ0v) is 18.8. The Morgan fingerprint density at radius 3 is 2.57 bits per heavy atom.